The van der Waals surface area contributed by atoms with E-state index in [4.69, 9.17) is 0 Å². The van der Waals surface area contributed by atoms with Crippen molar-refractivity contribution in [1.82, 2.24) is 9.88 Å². The second kappa shape index (κ2) is 6.74. The minimum absolute atomic E-state index is 0.606. The Morgan fingerprint density at radius 2 is 2.28 bits per heavy atom. The third kappa shape index (κ3) is 3.70. The van der Waals surface area contributed by atoms with Crippen LogP contribution in [0.4, 0.5) is 5.69 Å². The molecule has 2 heterocycles. The van der Waals surface area contributed by atoms with Gasteiger partial charge in [-0.3, -0.25) is 4.98 Å². The molecule has 1 fully saturated rings. The van der Waals surface area contributed by atoms with Crippen LogP contribution in [0.15, 0.2) is 18.5 Å². The van der Waals surface area contributed by atoms with Crippen molar-refractivity contribution in [3.63, 3.8) is 0 Å². The first-order valence-electron chi connectivity index (χ1n) is 7.19. The molecular formula is C15H25N3. The molecule has 1 atom stereocenters. The van der Waals surface area contributed by atoms with Crippen LogP contribution in [0.1, 0.15) is 38.2 Å². The van der Waals surface area contributed by atoms with Gasteiger partial charge in [0.2, 0.25) is 0 Å². The first-order chi connectivity index (χ1) is 8.79. The molecule has 1 aromatic heterocycles. The quantitative estimate of drug-likeness (QED) is 0.886. The summed E-state index contributed by atoms with van der Waals surface area (Å²) in [5, 5.41) is 3.66. The lowest BCUT2D eigenvalue weighted by Gasteiger charge is -2.20. The highest BCUT2D eigenvalue weighted by Crippen LogP contribution is 2.18. The van der Waals surface area contributed by atoms with E-state index in [2.05, 4.69) is 35.1 Å². The van der Waals surface area contributed by atoms with Gasteiger partial charge < -0.3 is 10.2 Å². The van der Waals surface area contributed by atoms with Gasteiger partial charge in [-0.15, -0.1) is 0 Å². The molecule has 3 heteroatoms. The molecule has 2 rings (SSSR count). The summed E-state index contributed by atoms with van der Waals surface area (Å²) in [5.74, 6) is 0. The van der Waals surface area contributed by atoms with Crippen LogP contribution in [0.25, 0.3) is 0 Å². The van der Waals surface area contributed by atoms with E-state index in [9.17, 15) is 0 Å². The molecule has 0 saturated carbocycles. The van der Waals surface area contributed by atoms with Crippen LogP contribution in [0.2, 0.25) is 0 Å². The Kier molecular flexibility index (Phi) is 5.00. The van der Waals surface area contributed by atoms with Gasteiger partial charge in [0.15, 0.2) is 0 Å². The Morgan fingerprint density at radius 1 is 1.39 bits per heavy atom. The second-order valence-electron chi connectivity index (χ2n) is 5.30. The van der Waals surface area contributed by atoms with Crippen LogP contribution in [0, 0.1) is 6.92 Å². The van der Waals surface area contributed by atoms with Crippen LogP contribution in [0.3, 0.4) is 0 Å². The van der Waals surface area contributed by atoms with E-state index in [0.717, 1.165) is 0 Å². The standard InChI is InChI=1S/C15H25N3/c1-3-9-18-10-4-5-14(7-11-18)17-15-12-16-8-6-13(15)2/h6,8,12,14,17H,3-5,7,9-11H2,1-2H3. The van der Waals surface area contributed by atoms with E-state index in [1.807, 2.05) is 12.4 Å². The average molecular weight is 247 g/mol. The molecule has 1 aliphatic rings. The number of anilines is 1. The van der Waals surface area contributed by atoms with Crippen molar-refractivity contribution >= 4 is 5.69 Å². The van der Waals surface area contributed by atoms with Crippen molar-refractivity contribution in [3.8, 4) is 0 Å². The zero-order chi connectivity index (χ0) is 12.8. The van der Waals surface area contributed by atoms with Crippen molar-refractivity contribution < 1.29 is 0 Å². The number of nitrogens with one attached hydrogen (secondary N) is 1. The van der Waals surface area contributed by atoms with E-state index in [1.165, 1.54) is 56.6 Å². The summed E-state index contributed by atoms with van der Waals surface area (Å²) in [5.41, 5.74) is 2.49. The van der Waals surface area contributed by atoms with Crippen LogP contribution in [-0.2, 0) is 0 Å². The number of aromatic nitrogens is 1. The lowest BCUT2D eigenvalue weighted by Crippen LogP contribution is -2.27. The van der Waals surface area contributed by atoms with Gasteiger partial charge in [0.1, 0.15) is 0 Å². The summed E-state index contributed by atoms with van der Waals surface area (Å²) in [4.78, 5) is 6.80. The van der Waals surface area contributed by atoms with Crippen LogP contribution >= 0.6 is 0 Å². The molecule has 18 heavy (non-hydrogen) atoms. The Labute approximate surface area is 111 Å². The fraction of sp³-hybridized carbons (Fsp3) is 0.667. The van der Waals surface area contributed by atoms with Crippen molar-refractivity contribution in [2.75, 3.05) is 25.0 Å². The van der Waals surface area contributed by atoms with Gasteiger partial charge in [0, 0.05) is 18.8 Å². The number of pyridine rings is 1. The van der Waals surface area contributed by atoms with E-state index in [-0.39, 0.29) is 0 Å². The summed E-state index contributed by atoms with van der Waals surface area (Å²) in [6.07, 6.45) is 8.89. The molecule has 1 N–H and O–H groups in total. The van der Waals surface area contributed by atoms with Gasteiger partial charge in [-0.25, -0.2) is 0 Å². The van der Waals surface area contributed by atoms with Gasteiger partial charge >= 0.3 is 0 Å². The lowest BCUT2D eigenvalue weighted by molar-refractivity contribution is 0.285. The van der Waals surface area contributed by atoms with Gasteiger partial charge in [-0.05, 0) is 57.3 Å². The van der Waals surface area contributed by atoms with Crippen molar-refractivity contribution in [2.24, 2.45) is 0 Å². The maximum atomic E-state index is 4.21. The molecule has 0 bridgehead atoms. The number of nitrogens with zero attached hydrogens (tertiary/aromatic N) is 2. The predicted molar refractivity (Wildman–Crippen MR) is 77.0 cm³/mol. The van der Waals surface area contributed by atoms with Gasteiger partial charge in [0.25, 0.3) is 0 Å². The highest BCUT2D eigenvalue weighted by Gasteiger charge is 2.16. The molecule has 100 valence electrons. The SMILES string of the molecule is CCCN1CCCC(Nc2cnccc2C)CC1. The monoisotopic (exact) mass is 247 g/mol. The molecule has 1 aromatic rings. The predicted octanol–water partition coefficient (Wildman–Crippen LogP) is 3.07. The molecule has 3 nitrogen and oxygen atoms in total. The van der Waals surface area contributed by atoms with E-state index < -0.39 is 0 Å². The van der Waals surface area contributed by atoms with E-state index in [0.29, 0.717) is 6.04 Å². The van der Waals surface area contributed by atoms with E-state index in [1.54, 1.807) is 0 Å². The van der Waals surface area contributed by atoms with Crippen molar-refractivity contribution in [2.45, 2.75) is 45.6 Å². The molecule has 1 saturated heterocycles. The first-order valence-corrected chi connectivity index (χ1v) is 7.19. The zero-order valence-corrected chi connectivity index (χ0v) is 11.7. The molecule has 0 aliphatic carbocycles. The summed E-state index contributed by atoms with van der Waals surface area (Å²) < 4.78 is 0. The summed E-state index contributed by atoms with van der Waals surface area (Å²) in [6, 6.07) is 2.68. The van der Waals surface area contributed by atoms with Crippen LogP contribution in [0.5, 0.6) is 0 Å². The summed E-state index contributed by atoms with van der Waals surface area (Å²) in [6.45, 7) is 8.14. The highest BCUT2D eigenvalue weighted by atomic mass is 15.1. The smallest absolute Gasteiger partial charge is 0.0558 e. The topological polar surface area (TPSA) is 28.2 Å². The fourth-order valence-corrected chi connectivity index (χ4v) is 2.68. The molecule has 0 aromatic carbocycles. The number of rotatable bonds is 4. The number of hydrogen-bond acceptors (Lipinski definition) is 3. The minimum Gasteiger partial charge on any atom is -0.381 e. The first kappa shape index (κ1) is 13.3. The molecular weight excluding hydrogens is 222 g/mol. The second-order valence-corrected chi connectivity index (χ2v) is 5.30. The third-order valence-electron chi connectivity index (χ3n) is 3.76. The van der Waals surface area contributed by atoms with Crippen LogP contribution in [-0.4, -0.2) is 35.6 Å². The maximum Gasteiger partial charge on any atom is 0.0558 e. The van der Waals surface area contributed by atoms with Crippen molar-refractivity contribution in [3.05, 3.63) is 24.0 Å². The number of likely N-dealkylation sites (tertiary alicyclic amines) is 1. The Balaban J connectivity index is 1.89. The molecule has 0 radical (unpaired) electrons. The van der Waals surface area contributed by atoms with Crippen LogP contribution < -0.4 is 5.32 Å². The van der Waals surface area contributed by atoms with Gasteiger partial charge in [-0.1, -0.05) is 6.92 Å². The van der Waals surface area contributed by atoms with E-state index >= 15 is 0 Å². The number of hydrogen-bond donors (Lipinski definition) is 1. The Morgan fingerprint density at radius 3 is 3.06 bits per heavy atom. The van der Waals surface area contributed by atoms with Crippen molar-refractivity contribution in [1.29, 1.82) is 0 Å². The Hall–Kier alpha value is -1.09. The summed E-state index contributed by atoms with van der Waals surface area (Å²) in [7, 11) is 0. The fourth-order valence-electron chi connectivity index (χ4n) is 2.68. The van der Waals surface area contributed by atoms with Gasteiger partial charge in [0.05, 0.1) is 11.9 Å². The largest absolute Gasteiger partial charge is 0.381 e. The van der Waals surface area contributed by atoms with Gasteiger partial charge in [-0.2, -0.15) is 0 Å². The maximum absolute atomic E-state index is 4.21. The minimum atomic E-state index is 0.606. The highest BCUT2D eigenvalue weighted by molar-refractivity contribution is 5.48. The molecule has 1 aliphatic heterocycles. The molecule has 0 spiro atoms. The molecule has 1 unspecified atom stereocenters. The zero-order valence-electron chi connectivity index (χ0n) is 11.7. The third-order valence-corrected chi connectivity index (χ3v) is 3.76. The Bertz CT molecular complexity index is 365. The normalized spacial score (nSPS) is 21.6. The number of aryl methyl sites for hydroxylation is 1. The molecule has 0 amide bonds. The lowest BCUT2D eigenvalue weighted by atomic mass is 10.1. The average Bonchev–Trinajstić information content (AvgIpc) is 2.59. The summed E-state index contributed by atoms with van der Waals surface area (Å²) >= 11 is 0.